The summed E-state index contributed by atoms with van der Waals surface area (Å²) in [6.45, 7) is 0.486. The molecule has 0 radical (unpaired) electrons. The Balaban J connectivity index is 2.93. The quantitative estimate of drug-likeness (QED) is 0.557. The van der Waals surface area contributed by atoms with E-state index in [0.717, 1.165) is 6.92 Å². The molecule has 1 fully saturated rings. The molecule has 110 valence electrons. The lowest BCUT2D eigenvalue weighted by Crippen LogP contribution is -2.58. The number of carbonyl (C=O) groups is 2. The number of nitrogens with one attached hydrogen (secondary N) is 2. The van der Waals surface area contributed by atoms with E-state index in [2.05, 4.69) is 5.32 Å². The number of carboxylic acids is 1. The third kappa shape index (κ3) is 2.98. The molecule has 0 bridgehead atoms. The van der Waals surface area contributed by atoms with Crippen LogP contribution in [0.5, 0.6) is 0 Å². The van der Waals surface area contributed by atoms with Gasteiger partial charge < -0.3 is 20.8 Å². The van der Waals surface area contributed by atoms with Crippen molar-refractivity contribution in [3.05, 3.63) is 0 Å². The topological polar surface area (TPSA) is 98.7 Å². The molecule has 1 aliphatic heterocycles. The Hall–Kier alpha value is -1.35. The van der Waals surface area contributed by atoms with Crippen LogP contribution >= 0.6 is 0 Å². The summed E-state index contributed by atoms with van der Waals surface area (Å²) in [4.78, 5) is 22.6. The smallest absolute Gasteiger partial charge is 0.404 e. The molecule has 1 amide bonds. The number of aliphatic hydroxyl groups excluding tert-OH is 1. The van der Waals surface area contributed by atoms with Crippen LogP contribution in [-0.2, 0) is 9.59 Å². The van der Waals surface area contributed by atoms with Gasteiger partial charge in [0.05, 0.1) is 6.10 Å². The van der Waals surface area contributed by atoms with Crippen molar-refractivity contribution < 1.29 is 33.0 Å². The highest BCUT2D eigenvalue weighted by Gasteiger charge is 2.61. The summed E-state index contributed by atoms with van der Waals surface area (Å²) in [7, 11) is 0. The Morgan fingerprint density at radius 2 is 2.00 bits per heavy atom. The van der Waals surface area contributed by atoms with E-state index in [1.807, 2.05) is 0 Å². The Morgan fingerprint density at radius 1 is 1.42 bits per heavy atom. The molecule has 0 aromatic rings. The molecular formula is C10H15F3N2O4. The standard InChI is InChI=1S/C10H15F3N2O4/c1-5(16)6(7(17)18)15-8(19)9(10(11,12)13)2-3-14-4-9/h5-6,14,16H,2-4H2,1H3,(H,15,19)(H,17,18). The molecule has 1 saturated heterocycles. The summed E-state index contributed by atoms with van der Waals surface area (Å²) in [6, 6.07) is -1.77. The summed E-state index contributed by atoms with van der Waals surface area (Å²) in [5, 5.41) is 22.1. The molecule has 4 N–H and O–H groups in total. The van der Waals surface area contributed by atoms with E-state index in [1.165, 1.54) is 0 Å². The van der Waals surface area contributed by atoms with Crippen LogP contribution in [0.15, 0.2) is 0 Å². The van der Waals surface area contributed by atoms with Crippen molar-refractivity contribution in [1.82, 2.24) is 10.6 Å². The zero-order valence-corrected chi connectivity index (χ0v) is 10.1. The Morgan fingerprint density at radius 3 is 2.32 bits per heavy atom. The molecule has 1 aliphatic rings. The van der Waals surface area contributed by atoms with E-state index < -0.39 is 48.6 Å². The van der Waals surface area contributed by atoms with Crippen LogP contribution in [0.1, 0.15) is 13.3 Å². The summed E-state index contributed by atoms with van der Waals surface area (Å²) in [5.41, 5.74) is -2.64. The number of amides is 1. The van der Waals surface area contributed by atoms with Gasteiger partial charge >= 0.3 is 12.1 Å². The summed E-state index contributed by atoms with van der Waals surface area (Å²) in [6.07, 6.45) is -6.75. The molecule has 1 heterocycles. The fourth-order valence-corrected chi connectivity index (χ4v) is 1.92. The maximum Gasteiger partial charge on any atom is 0.404 e. The molecule has 0 aromatic carbocycles. The molecule has 0 saturated carbocycles. The number of aliphatic carboxylic acids is 1. The van der Waals surface area contributed by atoms with Crippen LogP contribution in [0.3, 0.4) is 0 Å². The van der Waals surface area contributed by atoms with Crippen LogP contribution in [-0.4, -0.2) is 53.5 Å². The van der Waals surface area contributed by atoms with Gasteiger partial charge in [-0.15, -0.1) is 0 Å². The monoisotopic (exact) mass is 284 g/mol. The average molecular weight is 284 g/mol. The maximum absolute atomic E-state index is 13.0. The molecule has 6 nitrogen and oxygen atoms in total. The number of aliphatic hydroxyl groups is 1. The highest BCUT2D eigenvalue weighted by Crippen LogP contribution is 2.43. The first-order chi connectivity index (χ1) is 8.62. The number of hydrogen-bond acceptors (Lipinski definition) is 4. The third-order valence-corrected chi connectivity index (χ3v) is 3.17. The van der Waals surface area contributed by atoms with Crippen molar-refractivity contribution in [3.8, 4) is 0 Å². The van der Waals surface area contributed by atoms with Crippen molar-refractivity contribution >= 4 is 11.9 Å². The molecule has 0 aromatic heterocycles. The number of carboxylic acid groups (broad SMARTS) is 1. The van der Waals surface area contributed by atoms with Crippen LogP contribution < -0.4 is 10.6 Å². The van der Waals surface area contributed by atoms with Gasteiger partial charge in [0, 0.05) is 6.54 Å². The van der Waals surface area contributed by atoms with Crippen molar-refractivity contribution in [2.45, 2.75) is 31.7 Å². The van der Waals surface area contributed by atoms with Crippen molar-refractivity contribution in [2.24, 2.45) is 5.41 Å². The largest absolute Gasteiger partial charge is 0.480 e. The fourth-order valence-electron chi connectivity index (χ4n) is 1.92. The van der Waals surface area contributed by atoms with Crippen molar-refractivity contribution in [1.29, 1.82) is 0 Å². The second kappa shape index (κ2) is 5.33. The predicted molar refractivity (Wildman–Crippen MR) is 57.2 cm³/mol. The molecular weight excluding hydrogens is 269 g/mol. The van der Waals surface area contributed by atoms with E-state index in [4.69, 9.17) is 10.2 Å². The number of hydrogen-bond donors (Lipinski definition) is 4. The van der Waals surface area contributed by atoms with E-state index in [9.17, 15) is 22.8 Å². The van der Waals surface area contributed by atoms with Gasteiger partial charge in [0.1, 0.15) is 0 Å². The number of halogens is 3. The van der Waals surface area contributed by atoms with Crippen molar-refractivity contribution in [3.63, 3.8) is 0 Å². The van der Waals surface area contributed by atoms with Gasteiger partial charge in [-0.2, -0.15) is 13.2 Å². The second-order valence-electron chi connectivity index (χ2n) is 4.54. The number of carbonyl (C=O) groups excluding carboxylic acids is 1. The Kier molecular flexibility index (Phi) is 4.41. The average Bonchev–Trinajstić information content (AvgIpc) is 2.73. The predicted octanol–water partition coefficient (Wildman–Crippen LogP) is -0.521. The fraction of sp³-hybridized carbons (Fsp3) is 0.800. The Bertz CT molecular complexity index is 364. The first-order valence-corrected chi connectivity index (χ1v) is 5.61. The van der Waals surface area contributed by atoms with E-state index in [-0.39, 0.29) is 6.54 Å². The molecule has 0 aliphatic carbocycles. The van der Waals surface area contributed by atoms with Gasteiger partial charge in [0.2, 0.25) is 5.91 Å². The molecule has 0 spiro atoms. The van der Waals surface area contributed by atoms with E-state index >= 15 is 0 Å². The second-order valence-corrected chi connectivity index (χ2v) is 4.54. The molecule has 3 unspecified atom stereocenters. The molecule has 9 heteroatoms. The van der Waals surface area contributed by atoms with Gasteiger partial charge in [-0.05, 0) is 19.9 Å². The first kappa shape index (κ1) is 15.7. The SMILES string of the molecule is CC(O)C(NC(=O)C1(C(F)(F)F)CCNC1)C(=O)O. The van der Waals surface area contributed by atoms with Gasteiger partial charge in [-0.3, -0.25) is 4.79 Å². The lowest BCUT2D eigenvalue weighted by atomic mass is 9.84. The number of alkyl halides is 3. The minimum absolute atomic E-state index is 0.0132. The Labute approximate surface area is 107 Å². The van der Waals surface area contributed by atoms with Crippen LogP contribution in [0.2, 0.25) is 0 Å². The summed E-state index contributed by atoms with van der Waals surface area (Å²) in [5.74, 6) is -3.02. The summed E-state index contributed by atoms with van der Waals surface area (Å²) >= 11 is 0. The summed E-state index contributed by atoms with van der Waals surface area (Å²) < 4.78 is 39.0. The van der Waals surface area contributed by atoms with E-state index in [0.29, 0.717) is 0 Å². The minimum Gasteiger partial charge on any atom is -0.480 e. The molecule has 19 heavy (non-hydrogen) atoms. The van der Waals surface area contributed by atoms with Crippen LogP contribution in [0.4, 0.5) is 13.2 Å². The minimum atomic E-state index is -4.79. The highest BCUT2D eigenvalue weighted by atomic mass is 19.4. The third-order valence-electron chi connectivity index (χ3n) is 3.17. The highest BCUT2D eigenvalue weighted by molar-refractivity contribution is 5.88. The normalized spacial score (nSPS) is 26.8. The molecule has 3 atom stereocenters. The first-order valence-electron chi connectivity index (χ1n) is 5.61. The van der Waals surface area contributed by atoms with Gasteiger partial charge in [-0.25, -0.2) is 4.79 Å². The lowest BCUT2D eigenvalue weighted by molar-refractivity contribution is -0.217. The zero-order valence-electron chi connectivity index (χ0n) is 10.1. The van der Waals surface area contributed by atoms with E-state index in [1.54, 1.807) is 5.32 Å². The number of rotatable bonds is 4. The van der Waals surface area contributed by atoms with Gasteiger partial charge in [0.15, 0.2) is 11.5 Å². The lowest BCUT2D eigenvalue weighted by Gasteiger charge is -2.31. The maximum atomic E-state index is 13.0. The van der Waals surface area contributed by atoms with Crippen LogP contribution in [0, 0.1) is 5.41 Å². The molecule has 1 rings (SSSR count). The van der Waals surface area contributed by atoms with Crippen molar-refractivity contribution in [2.75, 3.05) is 13.1 Å². The van der Waals surface area contributed by atoms with Gasteiger partial charge in [0.25, 0.3) is 0 Å². The zero-order chi connectivity index (χ0) is 14.8. The van der Waals surface area contributed by atoms with Gasteiger partial charge in [-0.1, -0.05) is 0 Å². The van der Waals surface area contributed by atoms with Crippen LogP contribution in [0.25, 0.3) is 0 Å².